The lowest BCUT2D eigenvalue weighted by Crippen LogP contribution is -2.61. The summed E-state index contributed by atoms with van der Waals surface area (Å²) in [5.74, 6) is -5.36. The minimum Gasteiger partial charge on any atom is -0.394 e. The molecule has 3 aliphatic rings. The first kappa shape index (κ1) is 42.8. The normalized spacial score (nSPS) is 28.2. The van der Waals surface area contributed by atoms with Crippen LogP contribution in [-0.4, -0.2) is 129 Å². The monoisotopic (exact) mass is 789 g/mol. The van der Waals surface area contributed by atoms with Crippen LogP contribution in [0.25, 0.3) is 0 Å². The highest BCUT2D eigenvalue weighted by molar-refractivity contribution is 5.99. The quantitative estimate of drug-likeness (QED) is 0.180. The van der Waals surface area contributed by atoms with E-state index in [4.69, 9.17) is 0 Å². The molecule has 3 aliphatic heterocycles. The molecule has 0 bridgehead atoms. The third-order valence-electron chi connectivity index (χ3n) is 11.1. The van der Waals surface area contributed by atoms with Gasteiger partial charge in [0.1, 0.15) is 42.3 Å². The Balaban J connectivity index is 1.55. The van der Waals surface area contributed by atoms with E-state index in [0.29, 0.717) is 24.8 Å². The van der Waals surface area contributed by atoms with Gasteiger partial charge in [-0.1, -0.05) is 80.9 Å². The van der Waals surface area contributed by atoms with Gasteiger partial charge in [0.15, 0.2) is 0 Å². The molecule has 16 nitrogen and oxygen atoms in total. The van der Waals surface area contributed by atoms with E-state index < -0.39 is 102 Å². The van der Waals surface area contributed by atoms with Crippen molar-refractivity contribution in [2.24, 2.45) is 5.92 Å². The number of carbonyl (C=O) groups excluding carboxylic acids is 7. The van der Waals surface area contributed by atoms with E-state index in [1.54, 1.807) is 61.5 Å². The molecule has 7 N–H and O–H groups in total. The summed E-state index contributed by atoms with van der Waals surface area (Å²) in [7, 11) is 0. The molecule has 0 spiro atoms. The molecule has 5 rings (SSSR count). The van der Waals surface area contributed by atoms with Crippen LogP contribution in [0.4, 0.5) is 0 Å². The molecule has 2 aromatic carbocycles. The fourth-order valence-corrected chi connectivity index (χ4v) is 7.68. The summed E-state index contributed by atoms with van der Waals surface area (Å²) in [6.07, 6.45) is 0.449. The number of rotatable bonds is 8. The Labute approximate surface area is 332 Å². The van der Waals surface area contributed by atoms with Crippen LogP contribution >= 0.6 is 0 Å². The molecule has 3 fully saturated rings. The molecular weight excluding hydrogens is 734 g/mol. The number of hydrogen-bond acceptors (Lipinski definition) is 9. The zero-order chi connectivity index (χ0) is 41.2. The van der Waals surface area contributed by atoms with E-state index in [0.717, 1.165) is 5.56 Å². The number of fused-ring (bicyclic) bond motifs is 2. The van der Waals surface area contributed by atoms with Gasteiger partial charge in [-0.3, -0.25) is 33.6 Å². The van der Waals surface area contributed by atoms with Crippen molar-refractivity contribution in [2.75, 3.05) is 19.7 Å². The van der Waals surface area contributed by atoms with Crippen LogP contribution in [0.5, 0.6) is 0 Å². The first-order valence-electron chi connectivity index (χ1n) is 19.8. The molecule has 57 heavy (non-hydrogen) atoms. The Hall–Kier alpha value is -5.35. The first-order valence-corrected chi connectivity index (χ1v) is 19.8. The fraction of sp³-hybridized carbons (Fsp3) is 0.537. The van der Waals surface area contributed by atoms with Crippen LogP contribution in [0.3, 0.4) is 0 Å². The molecule has 308 valence electrons. The van der Waals surface area contributed by atoms with Gasteiger partial charge in [0.25, 0.3) is 0 Å². The molecule has 7 amide bonds. The highest BCUT2D eigenvalue weighted by atomic mass is 16.3. The lowest BCUT2D eigenvalue weighted by atomic mass is 9.96. The molecule has 16 heteroatoms. The summed E-state index contributed by atoms with van der Waals surface area (Å²) in [4.78, 5) is 101. The number of benzene rings is 2. The average molecular weight is 790 g/mol. The predicted octanol–water partition coefficient (Wildman–Crippen LogP) is -0.689. The Morgan fingerprint density at radius 2 is 1.04 bits per heavy atom. The minimum atomic E-state index is -1.49. The molecule has 0 saturated carbocycles. The van der Waals surface area contributed by atoms with Crippen LogP contribution in [0.15, 0.2) is 60.7 Å². The molecule has 0 aromatic heterocycles. The molecule has 0 radical (unpaired) electrons. The third-order valence-corrected chi connectivity index (χ3v) is 11.1. The zero-order valence-electron chi connectivity index (χ0n) is 32.7. The van der Waals surface area contributed by atoms with Gasteiger partial charge in [0.2, 0.25) is 41.4 Å². The van der Waals surface area contributed by atoms with E-state index in [1.807, 2.05) is 13.0 Å². The van der Waals surface area contributed by atoms with Gasteiger partial charge in [-0.2, -0.15) is 0 Å². The standard InChI is InChI=1S/C41H55N7O9/c1-4-24(2)33-39(55)43-28(21-26-13-7-5-8-14-26)35(51)44-30(23-49)40(56)47-19-11-18-32(47)38(54)46-34(25(3)50)41(57)48-20-12-17-31(48)37(53)42-29(36(52)45-33)22-27-15-9-6-10-16-27/h5-10,13-16,24-25,28-34,49-50H,4,11-12,17-23H2,1-3H3,(H,42,53)(H,43,55)(H,44,51)(H,45,52)(H,46,54). The van der Waals surface area contributed by atoms with Gasteiger partial charge in [0, 0.05) is 25.9 Å². The molecule has 9 unspecified atom stereocenters. The lowest BCUT2D eigenvalue weighted by Gasteiger charge is -2.33. The van der Waals surface area contributed by atoms with Gasteiger partial charge in [-0.25, -0.2) is 0 Å². The Bertz CT molecular complexity index is 1760. The maximum absolute atomic E-state index is 14.2. The van der Waals surface area contributed by atoms with E-state index in [-0.39, 0.29) is 38.8 Å². The number of amides is 7. The second-order valence-electron chi connectivity index (χ2n) is 15.2. The minimum absolute atomic E-state index is 0.00000909. The van der Waals surface area contributed by atoms with Gasteiger partial charge >= 0.3 is 0 Å². The van der Waals surface area contributed by atoms with Crippen LogP contribution in [0, 0.1) is 5.92 Å². The molecule has 3 heterocycles. The summed E-state index contributed by atoms with van der Waals surface area (Å²) in [6, 6.07) is 9.16. The Morgan fingerprint density at radius 1 is 0.596 bits per heavy atom. The van der Waals surface area contributed by atoms with Crippen molar-refractivity contribution in [1.29, 1.82) is 0 Å². The van der Waals surface area contributed by atoms with Gasteiger partial charge in [0.05, 0.1) is 12.7 Å². The Morgan fingerprint density at radius 3 is 1.53 bits per heavy atom. The van der Waals surface area contributed by atoms with Crippen molar-refractivity contribution in [2.45, 2.75) is 114 Å². The second kappa shape index (κ2) is 19.7. The summed E-state index contributed by atoms with van der Waals surface area (Å²) >= 11 is 0. The molecule has 2 aromatic rings. The van der Waals surface area contributed by atoms with Gasteiger partial charge in [-0.05, 0) is 49.7 Å². The smallest absolute Gasteiger partial charge is 0.248 e. The second-order valence-corrected chi connectivity index (χ2v) is 15.2. The van der Waals surface area contributed by atoms with Crippen molar-refractivity contribution in [1.82, 2.24) is 36.4 Å². The average Bonchev–Trinajstić information content (AvgIpc) is 3.91. The zero-order valence-corrected chi connectivity index (χ0v) is 32.7. The van der Waals surface area contributed by atoms with Crippen LogP contribution in [0.1, 0.15) is 64.0 Å². The summed E-state index contributed by atoms with van der Waals surface area (Å²) in [5, 5.41) is 34.7. The van der Waals surface area contributed by atoms with E-state index in [9.17, 15) is 43.8 Å². The summed E-state index contributed by atoms with van der Waals surface area (Å²) in [6.45, 7) is 4.40. The van der Waals surface area contributed by atoms with Crippen LogP contribution in [-0.2, 0) is 46.4 Å². The van der Waals surface area contributed by atoms with Gasteiger partial charge < -0.3 is 46.6 Å². The third kappa shape index (κ3) is 10.5. The number of aliphatic hydroxyl groups is 2. The number of carbonyl (C=O) groups is 7. The topological polar surface area (TPSA) is 227 Å². The number of aliphatic hydroxyl groups excluding tert-OH is 2. The summed E-state index contributed by atoms with van der Waals surface area (Å²) in [5.41, 5.74) is 1.40. The van der Waals surface area contributed by atoms with Gasteiger partial charge in [-0.15, -0.1) is 0 Å². The lowest BCUT2D eigenvalue weighted by molar-refractivity contribution is -0.146. The number of nitrogens with zero attached hydrogens (tertiary/aromatic N) is 2. The number of hydrogen-bond donors (Lipinski definition) is 7. The fourth-order valence-electron chi connectivity index (χ4n) is 7.68. The largest absolute Gasteiger partial charge is 0.394 e. The van der Waals surface area contributed by atoms with Crippen molar-refractivity contribution < 1.29 is 43.8 Å². The molecule has 3 saturated heterocycles. The van der Waals surface area contributed by atoms with Crippen LogP contribution < -0.4 is 26.6 Å². The maximum atomic E-state index is 14.2. The highest BCUT2D eigenvalue weighted by Gasteiger charge is 2.44. The maximum Gasteiger partial charge on any atom is 0.248 e. The predicted molar refractivity (Wildman–Crippen MR) is 208 cm³/mol. The van der Waals surface area contributed by atoms with Crippen molar-refractivity contribution >= 4 is 41.4 Å². The number of nitrogens with one attached hydrogen (secondary N) is 5. The highest BCUT2D eigenvalue weighted by Crippen LogP contribution is 2.23. The van der Waals surface area contributed by atoms with E-state index in [1.165, 1.54) is 16.7 Å². The van der Waals surface area contributed by atoms with Crippen molar-refractivity contribution in [3.8, 4) is 0 Å². The summed E-state index contributed by atoms with van der Waals surface area (Å²) < 4.78 is 0. The van der Waals surface area contributed by atoms with E-state index in [2.05, 4.69) is 26.6 Å². The Kier molecular flexibility index (Phi) is 14.8. The van der Waals surface area contributed by atoms with Crippen molar-refractivity contribution in [3.63, 3.8) is 0 Å². The van der Waals surface area contributed by atoms with Crippen molar-refractivity contribution in [3.05, 3.63) is 71.8 Å². The molecule has 9 atom stereocenters. The first-order chi connectivity index (χ1) is 27.3. The molecular formula is C41H55N7O9. The van der Waals surface area contributed by atoms with Crippen LogP contribution in [0.2, 0.25) is 0 Å². The van der Waals surface area contributed by atoms with E-state index >= 15 is 0 Å². The molecule has 0 aliphatic carbocycles. The SMILES string of the molecule is CCC(C)C1NC(=O)C(Cc2ccccc2)NC(=O)C2CCCN2C(=O)C(C(C)O)NC(=O)C2CCCN2C(=O)C(CO)NC(=O)C(Cc2ccccc2)NC1=O.